The van der Waals surface area contributed by atoms with E-state index in [0.29, 0.717) is 12.8 Å². The Kier molecular flexibility index (Phi) is 3.58. The number of ketones is 1. The summed E-state index contributed by atoms with van der Waals surface area (Å²) in [5, 5.41) is 0. The minimum atomic E-state index is -0.256. The van der Waals surface area contributed by atoms with Crippen LogP contribution >= 0.6 is 0 Å². The number of benzene rings is 1. The number of hydrogen-bond acceptors (Lipinski definition) is 2. The van der Waals surface area contributed by atoms with Crippen LogP contribution in [0.4, 0.5) is 4.39 Å². The number of Topliss-reactive ketones (excluding diaryl/α,β-unsaturated/α-hetero) is 1. The number of aryl methyl sites for hydroxylation is 1. The lowest BCUT2D eigenvalue weighted by molar-refractivity contribution is -0.117. The van der Waals surface area contributed by atoms with Gasteiger partial charge in [0.15, 0.2) is 0 Å². The molecule has 0 aliphatic heterocycles. The summed E-state index contributed by atoms with van der Waals surface area (Å²) in [7, 11) is 0. The molecular weight excluding hydrogens is 169 g/mol. The SMILES string of the molecule is NCC(=O)CCc1ccc(F)cc1. The first-order valence-corrected chi connectivity index (χ1v) is 4.18. The summed E-state index contributed by atoms with van der Waals surface area (Å²) in [5.41, 5.74) is 6.11. The Morgan fingerprint density at radius 3 is 2.46 bits per heavy atom. The zero-order valence-electron chi connectivity index (χ0n) is 7.29. The van der Waals surface area contributed by atoms with Crippen LogP contribution in [-0.4, -0.2) is 12.3 Å². The molecule has 2 nitrogen and oxygen atoms in total. The standard InChI is InChI=1S/C10H12FNO/c11-9-4-1-8(2-5-9)3-6-10(13)7-12/h1-2,4-5H,3,6-7,12H2. The van der Waals surface area contributed by atoms with Crippen molar-refractivity contribution >= 4 is 5.78 Å². The number of carbonyl (C=O) groups is 1. The van der Waals surface area contributed by atoms with Crippen molar-refractivity contribution in [1.29, 1.82) is 0 Å². The molecule has 70 valence electrons. The fourth-order valence-electron chi connectivity index (χ4n) is 1.04. The van der Waals surface area contributed by atoms with E-state index in [0.717, 1.165) is 5.56 Å². The molecule has 1 aromatic rings. The van der Waals surface area contributed by atoms with Crippen molar-refractivity contribution in [3.63, 3.8) is 0 Å². The molecule has 0 bridgehead atoms. The van der Waals surface area contributed by atoms with Crippen LogP contribution in [0, 0.1) is 5.82 Å². The fraction of sp³-hybridized carbons (Fsp3) is 0.300. The minimum Gasteiger partial charge on any atom is -0.324 e. The predicted molar refractivity (Wildman–Crippen MR) is 48.8 cm³/mol. The molecule has 13 heavy (non-hydrogen) atoms. The lowest BCUT2D eigenvalue weighted by atomic mass is 10.1. The van der Waals surface area contributed by atoms with Gasteiger partial charge < -0.3 is 5.73 Å². The molecule has 0 heterocycles. The summed E-state index contributed by atoms with van der Waals surface area (Å²) in [5.74, 6) is -0.224. The molecule has 0 saturated carbocycles. The number of halogens is 1. The van der Waals surface area contributed by atoms with E-state index in [1.54, 1.807) is 12.1 Å². The Bertz CT molecular complexity index is 281. The van der Waals surface area contributed by atoms with Gasteiger partial charge in [-0.05, 0) is 24.1 Å². The number of nitrogens with two attached hydrogens (primary N) is 1. The van der Waals surface area contributed by atoms with E-state index in [-0.39, 0.29) is 18.1 Å². The normalized spacial score (nSPS) is 10.0. The molecule has 0 atom stereocenters. The molecule has 0 radical (unpaired) electrons. The van der Waals surface area contributed by atoms with Crippen molar-refractivity contribution in [1.82, 2.24) is 0 Å². The van der Waals surface area contributed by atoms with E-state index in [9.17, 15) is 9.18 Å². The highest BCUT2D eigenvalue weighted by molar-refractivity contribution is 5.80. The second-order valence-electron chi connectivity index (χ2n) is 2.87. The monoisotopic (exact) mass is 181 g/mol. The zero-order chi connectivity index (χ0) is 9.68. The summed E-state index contributed by atoms with van der Waals surface area (Å²) in [4.78, 5) is 10.9. The maximum Gasteiger partial charge on any atom is 0.146 e. The van der Waals surface area contributed by atoms with Crippen LogP contribution in [0.5, 0.6) is 0 Å². The third-order valence-corrected chi connectivity index (χ3v) is 1.83. The Balaban J connectivity index is 2.46. The van der Waals surface area contributed by atoms with Crippen molar-refractivity contribution < 1.29 is 9.18 Å². The summed E-state index contributed by atoms with van der Waals surface area (Å²) in [6, 6.07) is 6.14. The summed E-state index contributed by atoms with van der Waals surface area (Å²) in [6.07, 6.45) is 1.07. The van der Waals surface area contributed by atoms with Gasteiger partial charge in [0.05, 0.1) is 6.54 Å². The maximum absolute atomic E-state index is 12.5. The maximum atomic E-state index is 12.5. The molecule has 1 aromatic carbocycles. The van der Waals surface area contributed by atoms with Crippen molar-refractivity contribution in [2.45, 2.75) is 12.8 Å². The van der Waals surface area contributed by atoms with Crippen molar-refractivity contribution in [2.75, 3.05) is 6.54 Å². The fourth-order valence-corrected chi connectivity index (χ4v) is 1.04. The number of rotatable bonds is 4. The smallest absolute Gasteiger partial charge is 0.146 e. The Hall–Kier alpha value is -1.22. The van der Waals surface area contributed by atoms with E-state index < -0.39 is 0 Å². The van der Waals surface area contributed by atoms with Gasteiger partial charge in [0, 0.05) is 6.42 Å². The molecule has 1 rings (SSSR count). The Labute approximate surface area is 76.6 Å². The molecule has 0 amide bonds. The molecule has 0 aliphatic carbocycles. The summed E-state index contributed by atoms with van der Waals surface area (Å²) in [6.45, 7) is 0.0845. The molecule has 0 aromatic heterocycles. The number of hydrogen-bond donors (Lipinski definition) is 1. The van der Waals surface area contributed by atoms with E-state index in [1.807, 2.05) is 0 Å². The van der Waals surface area contributed by atoms with Gasteiger partial charge in [-0.2, -0.15) is 0 Å². The number of carbonyl (C=O) groups excluding carboxylic acids is 1. The molecule has 2 N–H and O–H groups in total. The van der Waals surface area contributed by atoms with Crippen molar-refractivity contribution in [2.24, 2.45) is 5.73 Å². The molecule has 0 unspecified atom stereocenters. The molecule has 0 saturated heterocycles. The van der Waals surface area contributed by atoms with Crippen LogP contribution in [0.3, 0.4) is 0 Å². The Morgan fingerprint density at radius 2 is 1.92 bits per heavy atom. The molecular formula is C10H12FNO. The van der Waals surface area contributed by atoms with Gasteiger partial charge in [0.1, 0.15) is 11.6 Å². The predicted octanol–water partition coefficient (Wildman–Crippen LogP) is 1.29. The van der Waals surface area contributed by atoms with Crippen LogP contribution in [0.1, 0.15) is 12.0 Å². The van der Waals surface area contributed by atoms with Gasteiger partial charge in [-0.1, -0.05) is 12.1 Å². The summed E-state index contributed by atoms with van der Waals surface area (Å²) >= 11 is 0. The average Bonchev–Trinajstić information content (AvgIpc) is 2.16. The van der Waals surface area contributed by atoms with E-state index >= 15 is 0 Å². The average molecular weight is 181 g/mol. The third-order valence-electron chi connectivity index (χ3n) is 1.83. The quantitative estimate of drug-likeness (QED) is 0.760. The van der Waals surface area contributed by atoms with Crippen LogP contribution in [0.25, 0.3) is 0 Å². The van der Waals surface area contributed by atoms with Crippen molar-refractivity contribution in [3.8, 4) is 0 Å². The first-order chi connectivity index (χ1) is 6.22. The Morgan fingerprint density at radius 1 is 1.31 bits per heavy atom. The first-order valence-electron chi connectivity index (χ1n) is 4.18. The van der Waals surface area contributed by atoms with Gasteiger partial charge in [-0.25, -0.2) is 4.39 Å². The highest BCUT2D eigenvalue weighted by atomic mass is 19.1. The van der Waals surface area contributed by atoms with Crippen LogP contribution < -0.4 is 5.73 Å². The van der Waals surface area contributed by atoms with Gasteiger partial charge in [0.2, 0.25) is 0 Å². The highest BCUT2D eigenvalue weighted by Crippen LogP contribution is 2.05. The molecule has 0 spiro atoms. The van der Waals surface area contributed by atoms with Gasteiger partial charge in [-0.3, -0.25) is 4.79 Å². The third kappa shape index (κ3) is 3.34. The lowest BCUT2D eigenvalue weighted by Gasteiger charge is -1.99. The van der Waals surface area contributed by atoms with Crippen LogP contribution in [-0.2, 0) is 11.2 Å². The van der Waals surface area contributed by atoms with Gasteiger partial charge in [0.25, 0.3) is 0 Å². The van der Waals surface area contributed by atoms with E-state index in [1.165, 1.54) is 12.1 Å². The first kappa shape index (κ1) is 9.86. The zero-order valence-corrected chi connectivity index (χ0v) is 7.29. The molecule has 3 heteroatoms. The summed E-state index contributed by atoms with van der Waals surface area (Å²) < 4.78 is 12.5. The lowest BCUT2D eigenvalue weighted by Crippen LogP contribution is -2.13. The minimum absolute atomic E-state index is 0.0318. The second kappa shape index (κ2) is 4.72. The van der Waals surface area contributed by atoms with E-state index in [4.69, 9.17) is 5.73 Å². The largest absolute Gasteiger partial charge is 0.324 e. The van der Waals surface area contributed by atoms with Crippen molar-refractivity contribution in [3.05, 3.63) is 35.6 Å². The molecule has 0 aliphatic rings. The van der Waals surface area contributed by atoms with Gasteiger partial charge in [-0.15, -0.1) is 0 Å². The van der Waals surface area contributed by atoms with E-state index in [2.05, 4.69) is 0 Å². The molecule has 0 fully saturated rings. The second-order valence-corrected chi connectivity index (χ2v) is 2.87. The van der Waals surface area contributed by atoms with Crippen LogP contribution in [0.2, 0.25) is 0 Å². The van der Waals surface area contributed by atoms with Gasteiger partial charge >= 0.3 is 0 Å². The highest BCUT2D eigenvalue weighted by Gasteiger charge is 1.99. The topological polar surface area (TPSA) is 43.1 Å². The van der Waals surface area contributed by atoms with Crippen LogP contribution in [0.15, 0.2) is 24.3 Å².